The molecule has 3 rings (SSSR count). The van der Waals surface area contributed by atoms with Crippen molar-refractivity contribution in [2.24, 2.45) is 4.99 Å². The summed E-state index contributed by atoms with van der Waals surface area (Å²) < 4.78 is 0. The van der Waals surface area contributed by atoms with E-state index in [1.54, 1.807) is 7.05 Å². The van der Waals surface area contributed by atoms with Crippen LogP contribution in [0.4, 0.5) is 0 Å². The van der Waals surface area contributed by atoms with Gasteiger partial charge in [-0.05, 0) is 44.1 Å². The maximum Gasteiger partial charge on any atom is 0.222 e. The lowest BCUT2D eigenvalue weighted by Gasteiger charge is -2.20. The van der Waals surface area contributed by atoms with Crippen molar-refractivity contribution >= 4 is 11.9 Å². The van der Waals surface area contributed by atoms with Gasteiger partial charge in [0.05, 0.1) is 0 Å². The van der Waals surface area contributed by atoms with Crippen LogP contribution in [0, 0.1) is 0 Å². The number of likely N-dealkylation sites (N-methyl/N-ethyl adjacent to an activating group) is 1. The zero-order chi connectivity index (χ0) is 21.3. The molecule has 0 aliphatic carbocycles. The molecular weight excluding hydrogens is 376 g/mol. The molecular formula is C23H38N6O. The Hall–Kier alpha value is -2.12. The van der Waals surface area contributed by atoms with Gasteiger partial charge in [-0.1, -0.05) is 31.2 Å². The molecule has 0 bridgehead atoms. The molecule has 1 aromatic carbocycles. The second kappa shape index (κ2) is 11.3. The number of hydrogen-bond donors (Lipinski definition) is 2. The molecule has 2 heterocycles. The van der Waals surface area contributed by atoms with Gasteiger partial charge >= 0.3 is 0 Å². The summed E-state index contributed by atoms with van der Waals surface area (Å²) in [6, 6.07) is 9.16. The fourth-order valence-electron chi connectivity index (χ4n) is 4.18. The van der Waals surface area contributed by atoms with E-state index in [2.05, 4.69) is 56.7 Å². The average molecular weight is 415 g/mol. The van der Waals surface area contributed by atoms with E-state index in [9.17, 15) is 4.79 Å². The second-order valence-corrected chi connectivity index (χ2v) is 8.50. The molecule has 2 fully saturated rings. The molecule has 2 saturated heterocycles. The predicted octanol–water partition coefficient (Wildman–Crippen LogP) is 1.50. The Morgan fingerprint density at radius 3 is 2.60 bits per heavy atom. The minimum absolute atomic E-state index is 0.231. The van der Waals surface area contributed by atoms with Crippen LogP contribution in [-0.2, 0) is 17.9 Å². The molecule has 30 heavy (non-hydrogen) atoms. The minimum atomic E-state index is 0.231. The molecule has 7 heteroatoms. The maximum atomic E-state index is 11.9. The molecule has 0 aromatic heterocycles. The van der Waals surface area contributed by atoms with Crippen LogP contribution in [-0.4, -0.2) is 86.0 Å². The molecule has 166 valence electrons. The number of carbonyl (C=O) groups excluding carboxylic acids is 1. The summed E-state index contributed by atoms with van der Waals surface area (Å²) in [5.41, 5.74) is 2.61. The topological polar surface area (TPSA) is 63.2 Å². The highest BCUT2D eigenvalue weighted by atomic mass is 16.2. The standard InChI is InChI=1S/C23H38N6O/c1-4-22(30)29-13-10-21(18-29)26-23(24-2)25-16-19-6-8-20(9-7-19)17-28-12-5-11-27(3)14-15-28/h6-9,21H,4-5,10-18H2,1-3H3,(H2,24,25,26). The summed E-state index contributed by atoms with van der Waals surface area (Å²) in [5, 5.41) is 6.86. The van der Waals surface area contributed by atoms with E-state index in [-0.39, 0.29) is 11.9 Å². The van der Waals surface area contributed by atoms with Gasteiger partial charge in [-0.15, -0.1) is 0 Å². The van der Waals surface area contributed by atoms with E-state index in [1.807, 2.05) is 11.8 Å². The predicted molar refractivity (Wildman–Crippen MR) is 122 cm³/mol. The van der Waals surface area contributed by atoms with Gasteiger partial charge in [-0.25, -0.2) is 0 Å². The number of rotatable bonds is 6. The number of nitrogens with one attached hydrogen (secondary N) is 2. The summed E-state index contributed by atoms with van der Waals surface area (Å²) in [6.07, 6.45) is 2.79. The van der Waals surface area contributed by atoms with Crippen LogP contribution in [0.3, 0.4) is 0 Å². The van der Waals surface area contributed by atoms with E-state index in [1.165, 1.54) is 30.6 Å². The van der Waals surface area contributed by atoms with Crippen LogP contribution in [0.1, 0.15) is 37.3 Å². The molecule has 1 atom stereocenters. The van der Waals surface area contributed by atoms with Gasteiger partial charge in [0.15, 0.2) is 5.96 Å². The molecule has 1 amide bonds. The third-order valence-corrected chi connectivity index (χ3v) is 6.11. The van der Waals surface area contributed by atoms with Gasteiger partial charge < -0.3 is 20.4 Å². The van der Waals surface area contributed by atoms with E-state index >= 15 is 0 Å². The van der Waals surface area contributed by atoms with E-state index in [0.717, 1.165) is 51.6 Å². The highest BCUT2D eigenvalue weighted by molar-refractivity contribution is 5.80. The first-order valence-corrected chi connectivity index (χ1v) is 11.3. The molecule has 2 aliphatic heterocycles. The number of carbonyl (C=O) groups is 1. The highest BCUT2D eigenvalue weighted by Gasteiger charge is 2.25. The third kappa shape index (κ3) is 6.71. The van der Waals surface area contributed by atoms with Gasteiger partial charge in [0, 0.05) is 58.8 Å². The van der Waals surface area contributed by atoms with Crippen LogP contribution in [0.15, 0.2) is 29.3 Å². The molecule has 2 N–H and O–H groups in total. The van der Waals surface area contributed by atoms with Gasteiger partial charge in [0.1, 0.15) is 0 Å². The van der Waals surface area contributed by atoms with Gasteiger partial charge in [0.25, 0.3) is 0 Å². The normalized spacial score (nSPS) is 21.5. The number of amides is 1. The fraction of sp³-hybridized carbons (Fsp3) is 0.652. The average Bonchev–Trinajstić information content (AvgIpc) is 3.14. The van der Waals surface area contributed by atoms with Crippen molar-refractivity contribution in [2.75, 3.05) is 53.4 Å². The molecule has 0 radical (unpaired) electrons. The Balaban J connectivity index is 1.43. The highest BCUT2D eigenvalue weighted by Crippen LogP contribution is 2.12. The van der Waals surface area contributed by atoms with Crippen molar-refractivity contribution in [3.05, 3.63) is 35.4 Å². The van der Waals surface area contributed by atoms with Gasteiger partial charge in [-0.2, -0.15) is 0 Å². The Bertz CT molecular complexity index is 704. The molecule has 7 nitrogen and oxygen atoms in total. The number of hydrogen-bond acceptors (Lipinski definition) is 4. The summed E-state index contributed by atoms with van der Waals surface area (Å²) in [6.45, 7) is 9.94. The van der Waals surface area contributed by atoms with E-state index < -0.39 is 0 Å². The first kappa shape index (κ1) is 22.6. The largest absolute Gasteiger partial charge is 0.352 e. The van der Waals surface area contributed by atoms with Crippen LogP contribution < -0.4 is 10.6 Å². The van der Waals surface area contributed by atoms with E-state index in [4.69, 9.17) is 0 Å². The molecule has 1 aromatic rings. The molecule has 2 aliphatic rings. The molecule has 0 saturated carbocycles. The summed E-state index contributed by atoms with van der Waals surface area (Å²) in [4.78, 5) is 23.1. The van der Waals surface area contributed by atoms with Crippen molar-refractivity contribution in [3.63, 3.8) is 0 Å². The molecule has 0 spiro atoms. The fourth-order valence-corrected chi connectivity index (χ4v) is 4.18. The monoisotopic (exact) mass is 414 g/mol. The van der Waals surface area contributed by atoms with Crippen molar-refractivity contribution in [1.82, 2.24) is 25.3 Å². The lowest BCUT2D eigenvalue weighted by Crippen LogP contribution is -2.44. The Labute approximate surface area is 181 Å². The SMILES string of the molecule is CCC(=O)N1CCC(NC(=NC)NCc2ccc(CN3CCCN(C)CC3)cc2)C1. The quantitative estimate of drug-likeness (QED) is 0.546. The Morgan fingerprint density at radius 2 is 1.87 bits per heavy atom. The summed E-state index contributed by atoms with van der Waals surface area (Å²) in [5.74, 6) is 1.03. The number of aliphatic imine (C=N–C) groups is 1. The Morgan fingerprint density at radius 1 is 1.10 bits per heavy atom. The van der Waals surface area contributed by atoms with Crippen LogP contribution in [0.2, 0.25) is 0 Å². The minimum Gasteiger partial charge on any atom is -0.352 e. The zero-order valence-electron chi connectivity index (χ0n) is 18.9. The second-order valence-electron chi connectivity index (χ2n) is 8.50. The molecule has 1 unspecified atom stereocenters. The number of benzene rings is 1. The van der Waals surface area contributed by atoms with Crippen molar-refractivity contribution in [3.8, 4) is 0 Å². The van der Waals surface area contributed by atoms with Crippen molar-refractivity contribution in [2.45, 2.75) is 45.3 Å². The van der Waals surface area contributed by atoms with Gasteiger partial charge in [0.2, 0.25) is 5.91 Å². The van der Waals surface area contributed by atoms with Gasteiger partial charge in [-0.3, -0.25) is 14.7 Å². The summed E-state index contributed by atoms with van der Waals surface area (Å²) >= 11 is 0. The number of nitrogens with zero attached hydrogens (tertiary/aromatic N) is 4. The first-order valence-electron chi connectivity index (χ1n) is 11.3. The first-order chi connectivity index (χ1) is 14.6. The summed E-state index contributed by atoms with van der Waals surface area (Å²) in [7, 11) is 4.00. The van der Waals surface area contributed by atoms with Crippen LogP contribution in [0.25, 0.3) is 0 Å². The lowest BCUT2D eigenvalue weighted by atomic mass is 10.1. The lowest BCUT2D eigenvalue weighted by molar-refractivity contribution is -0.129. The van der Waals surface area contributed by atoms with Crippen molar-refractivity contribution < 1.29 is 4.79 Å². The van der Waals surface area contributed by atoms with Crippen LogP contribution in [0.5, 0.6) is 0 Å². The van der Waals surface area contributed by atoms with Crippen LogP contribution >= 0.6 is 0 Å². The van der Waals surface area contributed by atoms with Crippen molar-refractivity contribution in [1.29, 1.82) is 0 Å². The Kier molecular flexibility index (Phi) is 8.51. The zero-order valence-corrected chi connectivity index (χ0v) is 18.9. The number of likely N-dealkylation sites (tertiary alicyclic amines) is 1. The third-order valence-electron chi connectivity index (χ3n) is 6.11. The number of guanidine groups is 1. The smallest absolute Gasteiger partial charge is 0.222 e. The van der Waals surface area contributed by atoms with E-state index in [0.29, 0.717) is 6.42 Å². The maximum absolute atomic E-state index is 11.9.